The summed E-state index contributed by atoms with van der Waals surface area (Å²) in [5.74, 6) is 1.31. The Bertz CT molecular complexity index is 667. The number of likely N-dealkylation sites (N-methyl/N-ethyl adjacent to an activating group) is 1. The van der Waals surface area contributed by atoms with E-state index in [4.69, 9.17) is 0 Å². The molecule has 0 spiro atoms. The Morgan fingerprint density at radius 1 is 1.50 bits per heavy atom. The molecule has 1 aromatic carbocycles. The number of carbonyl (C=O) groups excluding carboxylic acids is 1. The lowest BCUT2D eigenvalue weighted by molar-refractivity contribution is -0.129. The second kappa shape index (κ2) is 6.30. The van der Waals surface area contributed by atoms with Gasteiger partial charge in [0, 0.05) is 39.0 Å². The second-order valence-electron chi connectivity index (χ2n) is 5.98. The highest BCUT2D eigenvalue weighted by Crippen LogP contribution is 2.19. The van der Waals surface area contributed by atoms with Crippen LogP contribution in [0.2, 0.25) is 0 Å². The maximum Gasteiger partial charge on any atom is 0.226 e. The minimum Gasteiger partial charge on any atom is -0.345 e. The highest BCUT2D eigenvalue weighted by Gasteiger charge is 2.21. The molecule has 1 aromatic heterocycles. The lowest BCUT2D eigenvalue weighted by Gasteiger charge is -2.28. The summed E-state index contributed by atoms with van der Waals surface area (Å²) in [6, 6.07) is 6.24. The van der Waals surface area contributed by atoms with Gasteiger partial charge in [-0.2, -0.15) is 0 Å². The predicted molar refractivity (Wildman–Crippen MR) is 81.8 cm³/mol. The first-order valence-corrected chi connectivity index (χ1v) is 7.60. The fourth-order valence-corrected chi connectivity index (χ4v) is 3.03. The summed E-state index contributed by atoms with van der Waals surface area (Å²) in [5.41, 5.74) is 0.720. The molecule has 1 aliphatic heterocycles. The average Bonchev–Trinajstić information content (AvgIpc) is 2.94. The predicted octanol–water partition coefficient (Wildman–Crippen LogP) is 2.29. The van der Waals surface area contributed by atoms with Crippen LogP contribution in [-0.2, 0) is 24.2 Å². The average molecular weight is 301 g/mol. The van der Waals surface area contributed by atoms with Crippen LogP contribution in [0.15, 0.2) is 36.7 Å². The van der Waals surface area contributed by atoms with Crippen molar-refractivity contribution in [1.82, 2.24) is 14.5 Å². The summed E-state index contributed by atoms with van der Waals surface area (Å²) in [6.07, 6.45) is 6.09. The zero-order valence-corrected chi connectivity index (χ0v) is 12.7. The maximum atomic E-state index is 13.2. The zero-order valence-electron chi connectivity index (χ0n) is 12.7. The first-order chi connectivity index (χ1) is 10.6. The Morgan fingerprint density at radius 2 is 2.36 bits per heavy atom. The number of hydrogen-bond donors (Lipinski definition) is 0. The molecule has 0 aliphatic carbocycles. The van der Waals surface area contributed by atoms with Crippen molar-refractivity contribution in [2.75, 3.05) is 13.6 Å². The second-order valence-corrected chi connectivity index (χ2v) is 5.98. The van der Waals surface area contributed by atoms with Gasteiger partial charge in [0.05, 0.1) is 6.42 Å². The van der Waals surface area contributed by atoms with E-state index in [1.807, 2.05) is 19.4 Å². The first-order valence-electron chi connectivity index (χ1n) is 7.60. The van der Waals surface area contributed by atoms with Gasteiger partial charge < -0.3 is 9.47 Å². The summed E-state index contributed by atoms with van der Waals surface area (Å²) in [6.45, 7) is 1.64. The number of aryl methyl sites for hydroxylation is 1. The van der Waals surface area contributed by atoms with E-state index in [1.54, 1.807) is 17.0 Å². The normalized spacial score (nSPS) is 17.1. The van der Waals surface area contributed by atoms with Gasteiger partial charge in [-0.25, -0.2) is 9.37 Å². The molecule has 0 N–H and O–H groups in total. The van der Waals surface area contributed by atoms with Crippen molar-refractivity contribution in [2.45, 2.75) is 25.8 Å². The Kier molecular flexibility index (Phi) is 4.22. The smallest absolute Gasteiger partial charge is 0.226 e. The topological polar surface area (TPSA) is 38.1 Å². The van der Waals surface area contributed by atoms with Crippen LogP contribution in [-0.4, -0.2) is 34.0 Å². The van der Waals surface area contributed by atoms with Crippen molar-refractivity contribution in [2.24, 2.45) is 5.92 Å². The van der Waals surface area contributed by atoms with Crippen LogP contribution in [0.25, 0.3) is 0 Å². The molecule has 0 bridgehead atoms. The third-order valence-corrected chi connectivity index (χ3v) is 4.23. The fraction of sp³-hybridized carbons (Fsp3) is 0.412. The van der Waals surface area contributed by atoms with Crippen molar-refractivity contribution in [3.63, 3.8) is 0 Å². The van der Waals surface area contributed by atoms with Gasteiger partial charge in [-0.05, 0) is 30.0 Å². The quantitative estimate of drug-likeness (QED) is 0.869. The van der Waals surface area contributed by atoms with Gasteiger partial charge in [0.25, 0.3) is 0 Å². The highest BCUT2D eigenvalue weighted by molar-refractivity contribution is 5.78. The number of imidazole rings is 1. The monoisotopic (exact) mass is 301 g/mol. The van der Waals surface area contributed by atoms with Gasteiger partial charge in [-0.3, -0.25) is 4.79 Å². The minimum atomic E-state index is -0.298. The van der Waals surface area contributed by atoms with E-state index in [0.29, 0.717) is 5.92 Å². The van der Waals surface area contributed by atoms with Crippen LogP contribution in [0.5, 0.6) is 0 Å². The largest absolute Gasteiger partial charge is 0.345 e. The first kappa shape index (κ1) is 14.8. The number of fused-ring (bicyclic) bond motifs is 1. The minimum absolute atomic E-state index is 0.0297. The maximum absolute atomic E-state index is 13.2. The molecule has 22 heavy (non-hydrogen) atoms. The third kappa shape index (κ3) is 3.35. The molecular formula is C17H20FN3O. The molecule has 2 aromatic rings. The number of hydrogen-bond acceptors (Lipinski definition) is 2. The lowest BCUT2D eigenvalue weighted by Crippen LogP contribution is -2.36. The SMILES string of the molecule is CN(C[C@@H]1CCc2nccn2C1)C(=O)Cc1cccc(F)c1. The molecule has 4 nitrogen and oxygen atoms in total. The van der Waals surface area contributed by atoms with E-state index < -0.39 is 0 Å². The van der Waals surface area contributed by atoms with Gasteiger partial charge in [-0.15, -0.1) is 0 Å². The van der Waals surface area contributed by atoms with E-state index in [9.17, 15) is 9.18 Å². The molecular weight excluding hydrogens is 281 g/mol. The molecule has 3 rings (SSSR count). The molecule has 0 saturated heterocycles. The van der Waals surface area contributed by atoms with Gasteiger partial charge >= 0.3 is 0 Å². The van der Waals surface area contributed by atoms with Crippen molar-refractivity contribution < 1.29 is 9.18 Å². The van der Waals surface area contributed by atoms with Crippen molar-refractivity contribution in [3.8, 4) is 0 Å². The number of rotatable bonds is 4. The molecule has 0 fully saturated rings. The Morgan fingerprint density at radius 3 is 3.18 bits per heavy atom. The van der Waals surface area contributed by atoms with Gasteiger partial charge in [0.2, 0.25) is 5.91 Å². The van der Waals surface area contributed by atoms with E-state index in [1.165, 1.54) is 12.1 Å². The van der Waals surface area contributed by atoms with E-state index in [-0.39, 0.29) is 18.1 Å². The number of benzene rings is 1. The lowest BCUT2D eigenvalue weighted by atomic mass is 9.98. The van der Waals surface area contributed by atoms with Gasteiger partial charge in [0.1, 0.15) is 11.6 Å². The van der Waals surface area contributed by atoms with Crippen LogP contribution < -0.4 is 0 Å². The number of nitrogens with zero attached hydrogens (tertiary/aromatic N) is 3. The summed E-state index contributed by atoms with van der Waals surface area (Å²) in [5, 5.41) is 0. The Hall–Kier alpha value is -2.17. The van der Waals surface area contributed by atoms with Crippen LogP contribution in [0.1, 0.15) is 17.8 Å². The van der Waals surface area contributed by atoms with Crippen LogP contribution >= 0.6 is 0 Å². The van der Waals surface area contributed by atoms with Crippen molar-refractivity contribution >= 4 is 5.91 Å². The molecule has 0 saturated carbocycles. The molecule has 5 heteroatoms. The van der Waals surface area contributed by atoms with Gasteiger partial charge in [0.15, 0.2) is 0 Å². The number of aromatic nitrogens is 2. The molecule has 0 radical (unpaired) electrons. The molecule has 0 unspecified atom stereocenters. The molecule has 116 valence electrons. The zero-order chi connectivity index (χ0) is 15.5. The summed E-state index contributed by atoms with van der Waals surface area (Å²) in [4.78, 5) is 18.4. The number of carbonyl (C=O) groups is 1. The molecule has 2 heterocycles. The van der Waals surface area contributed by atoms with Gasteiger partial charge in [-0.1, -0.05) is 12.1 Å². The van der Waals surface area contributed by atoms with E-state index in [2.05, 4.69) is 9.55 Å². The third-order valence-electron chi connectivity index (χ3n) is 4.23. The van der Waals surface area contributed by atoms with Crippen molar-refractivity contribution in [1.29, 1.82) is 0 Å². The summed E-state index contributed by atoms with van der Waals surface area (Å²) in [7, 11) is 1.82. The van der Waals surface area contributed by atoms with E-state index >= 15 is 0 Å². The fourth-order valence-electron chi connectivity index (χ4n) is 3.03. The van der Waals surface area contributed by atoms with Crippen molar-refractivity contribution in [3.05, 3.63) is 53.9 Å². The molecule has 1 aliphatic rings. The number of amides is 1. The van der Waals surface area contributed by atoms with E-state index in [0.717, 1.165) is 37.3 Å². The van der Waals surface area contributed by atoms with Crippen LogP contribution in [0.4, 0.5) is 4.39 Å². The standard InChI is InChI=1S/C17H20FN3O/c1-20(17(22)10-13-3-2-4-15(18)9-13)11-14-5-6-16-19-7-8-21(16)12-14/h2-4,7-9,14H,5-6,10-12H2,1H3/t14-/m0/s1. The molecule has 1 amide bonds. The number of halogens is 1. The van der Waals surface area contributed by atoms with Crippen LogP contribution in [0.3, 0.4) is 0 Å². The highest BCUT2D eigenvalue weighted by atomic mass is 19.1. The summed E-state index contributed by atoms with van der Waals surface area (Å²) >= 11 is 0. The Balaban J connectivity index is 1.55. The summed E-state index contributed by atoms with van der Waals surface area (Å²) < 4.78 is 15.3. The Labute approximate surface area is 129 Å². The molecule has 1 atom stereocenters. The van der Waals surface area contributed by atoms with Crippen LogP contribution in [0, 0.1) is 11.7 Å².